The number of nitrogens with one attached hydrogen (secondary N) is 1. The minimum absolute atomic E-state index is 0.446. The Morgan fingerprint density at radius 3 is 2.77 bits per heavy atom. The average Bonchev–Trinajstić information content (AvgIpc) is 2.18. The van der Waals surface area contributed by atoms with Crippen LogP contribution in [0.15, 0.2) is 0 Å². The van der Waals surface area contributed by atoms with E-state index in [1.54, 1.807) is 0 Å². The van der Waals surface area contributed by atoms with E-state index in [2.05, 4.69) is 4.72 Å². The van der Waals surface area contributed by atoms with Gasteiger partial charge in [-0.15, -0.1) is 0 Å². The van der Waals surface area contributed by atoms with Crippen LogP contribution >= 0.6 is 0 Å². The summed E-state index contributed by atoms with van der Waals surface area (Å²) in [5.74, 6) is 0. The molecule has 13 heavy (non-hydrogen) atoms. The Kier molecular flexibility index (Phi) is 3.25. The monoisotopic (exact) mass is 203 g/mol. The van der Waals surface area contributed by atoms with E-state index in [1.165, 1.54) is 11.4 Å². The van der Waals surface area contributed by atoms with Crippen LogP contribution in [0.3, 0.4) is 0 Å². The second kappa shape index (κ2) is 4.05. The fourth-order valence-electron chi connectivity index (χ4n) is 1.44. The Balaban J connectivity index is 2.83. The van der Waals surface area contributed by atoms with Crippen molar-refractivity contribution in [3.8, 4) is 6.07 Å². The fourth-order valence-corrected chi connectivity index (χ4v) is 2.53. The molecule has 1 atom stereocenters. The molecule has 0 aromatic heterocycles. The maximum atomic E-state index is 11.4. The molecule has 0 aromatic rings. The van der Waals surface area contributed by atoms with E-state index >= 15 is 0 Å². The van der Waals surface area contributed by atoms with Gasteiger partial charge < -0.3 is 0 Å². The lowest BCUT2D eigenvalue weighted by atomic mass is 10.1. The van der Waals surface area contributed by atoms with Gasteiger partial charge in [-0.3, -0.25) is 0 Å². The van der Waals surface area contributed by atoms with Crippen molar-refractivity contribution >= 4 is 10.2 Å². The summed E-state index contributed by atoms with van der Waals surface area (Å²) in [5, 5.41) is 8.74. The van der Waals surface area contributed by atoms with Crippen molar-refractivity contribution in [3.63, 3.8) is 0 Å². The Morgan fingerprint density at radius 1 is 1.54 bits per heavy atom. The molecule has 1 saturated heterocycles. The molecule has 1 unspecified atom stereocenters. The zero-order valence-corrected chi connectivity index (χ0v) is 8.34. The molecule has 5 nitrogen and oxygen atoms in total. The zero-order valence-electron chi connectivity index (χ0n) is 7.52. The van der Waals surface area contributed by atoms with E-state index in [-0.39, 0.29) is 0 Å². The molecule has 74 valence electrons. The van der Waals surface area contributed by atoms with Gasteiger partial charge in [-0.2, -0.15) is 18.0 Å². The summed E-state index contributed by atoms with van der Waals surface area (Å²) >= 11 is 0. The van der Waals surface area contributed by atoms with Crippen LogP contribution in [0, 0.1) is 11.3 Å². The minimum Gasteiger partial charge on any atom is -0.205 e. The number of hydrogen-bond donors (Lipinski definition) is 1. The van der Waals surface area contributed by atoms with Gasteiger partial charge in [0.25, 0.3) is 10.2 Å². The highest BCUT2D eigenvalue weighted by atomic mass is 32.2. The predicted octanol–water partition coefficient (Wildman–Crippen LogP) is -0.171. The van der Waals surface area contributed by atoms with Crippen LogP contribution in [0.5, 0.6) is 0 Å². The largest absolute Gasteiger partial charge is 0.280 e. The Bertz CT molecular complexity index is 306. The van der Waals surface area contributed by atoms with Crippen molar-refractivity contribution in [3.05, 3.63) is 0 Å². The van der Waals surface area contributed by atoms with Crippen LogP contribution in [-0.2, 0) is 10.2 Å². The number of nitrogens with zero attached hydrogens (tertiary/aromatic N) is 2. The molecule has 0 bridgehead atoms. The van der Waals surface area contributed by atoms with Crippen molar-refractivity contribution in [2.75, 3.05) is 13.6 Å². The Hall–Kier alpha value is -0.640. The molecule has 1 rings (SSSR count). The molecule has 6 heteroatoms. The first kappa shape index (κ1) is 10.4. The van der Waals surface area contributed by atoms with Gasteiger partial charge >= 0.3 is 0 Å². The average molecular weight is 203 g/mol. The number of piperidine rings is 1. The molecule has 1 N–H and O–H groups in total. The Labute approximate surface area is 78.5 Å². The van der Waals surface area contributed by atoms with Gasteiger partial charge in [0.1, 0.15) is 6.04 Å². The van der Waals surface area contributed by atoms with E-state index in [0.717, 1.165) is 12.8 Å². The van der Waals surface area contributed by atoms with Gasteiger partial charge in [-0.1, -0.05) is 0 Å². The lowest BCUT2D eigenvalue weighted by molar-refractivity contribution is 0.294. The maximum Gasteiger partial charge on any atom is 0.280 e. The van der Waals surface area contributed by atoms with Crippen molar-refractivity contribution < 1.29 is 8.42 Å². The summed E-state index contributed by atoms with van der Waals surface area (Å²) in [6, 6.07) is 1.51. The maximum absolute atomic E-state index is 11.4. The molecule has 0 spiro atoms. The van der Waals surface area contributed by atoms with Crippen molar-refractivity contribution in [2.45, 2.75) is 25.3 Å². The van der Waals surface area contributed by atoms with Gasteiger partial charge in [0, 0.05) is 13.6 Å². The number of hydrogen-bond acceptors (Lipinski definition) is 3. The fraction of sp³-hybridized carbons (Fsp3) is 0.857. The minimum atomic E-state index is -3.42. The topological polar surface area (TPSA) is 73.2 Å². The van der Waals surface area contributed by atoms with Crippen LogP contribution in [0.2, 0.25) is 0 Å². The highest BCUT2D eigenvalue weighted by molar-refractivity contribution is 7.87. The third-order valence-corrected chi connectivity index (χ3v) is 3.74. The first-order chi connectivity index (χ1) is 6.11. The Morgan fingerprint density at radius 2 is 2.23 bits per heavy atom. The smallest absolute Gasteiger partial charge is 0.205 e. The second-order valence-corrected chi connectivity index (χ2v) is 4.79. The summed E-state index contributed by atoms with van der Waals surface area (Å²) < 4.78 is 26.2. The first-order valence-electron chi connectivity index (χ1n) is 4.21. The summed E-state index contributed by atoms with van der Waals surface area (Å²) in [6.07, 6.45) is 2.39. The normalized spacial score (nSPS) is 25.4. The van der Waals surface area contributed by atoms with Crippen molar-refractivity contribution in [2.24, 2.45) is 0 Å². The number of rotatable bonds is 2. The summed E-state index contributed by atoms with van der Waals surface area (Å²) in [4.78, 5) is 0. The first-order valence-corrected chi connectivity index (χ1v) is 5.66. The third kappa shape index (κ3) is 2.18. The van der Waals surface area contributed by atoms with Gasteiger partial charge in [0.2, 0.25) is 0 Å². The van der Waals surface area contributed by atoms with Gasteiger partial charge in [-0.25, -0.2) is 4.72 Å². The van der Waals surface area contributed by atoms with Gasteiger partial charge in [0.15, 0.2) is 0 Å². The van der Waals surface area contributed by atoms with Crippen LogP contribution in [0.1, 0.15) is 19.3 Å². The van der Waals surface area contributed by atoms with Crippen molar-refractivity contribution in [1.82, 2.24) is 9.03 Å². The molecule has 1 aliphatic heterocycles. The summed E-state index contributed by atoms with van der Waals surface area (Å²) in [6.45, 7) is 0.446. The third-order valence-electron chi connectivity index (χ3n) is 2.17. The molecule has 1 fully saturated rings. The van der Waals surface area contributed by atoms with E-state index < -0.39 is 16.3 Å². The molecule has 0 saturated carbocycles. The van der Waals surface area contributed by atoms with Crippen LogP contribution in [0.25, 0.3) is 0 Å². The van der Waals surface area contributed by atoms with Gasteiger partial charge in [0.05, 0.1) is 6.07 Å². The SMILES string of the molecule is CNS(=O)(=O)N1CCCCC1C#N. The number of nitriles is 1. The zero-order chi connectivity index (χ0) is 9.90. The molecule has 0 aromatic carbocycles. The molecular weight excluding hydrogens is 190 g/mol. The highest BCUT2D eigenvalue weighted by Gasteiger charge is 2.30. The highest BCUT2D eigenvalue weighted by Crippen LogP contribution is 2.18. The second-order valence-electron chi connectivity index (χ2n) is 2.96. The van der Waals surface area contributed by atoms with Gasteiger partial charge in [-0.05, 0) is 19.3 Å². The predicted molar refractivity (Wildman–Crippen MR) is 47.9 cm³/mol. The summed E-state index contributed by atoms with van der Waals surface area (Å²) in [5.41, 5.74) is 0. The molecular formula is C7H13N3O2S. The standard InChI is InChI=1S/C7H13N3O2S/c1-9-13(11,12)10-5-3-2-4-7(10)6-8/h7,9H,2-5H2,1H3. The molecule has 1 aliphatic rings. The van der Waals surface area contributed by atoms with Crippen LogP contribution in [0.4, 0.5) is 0 Å². The molecule has 0 radical (unpaired) electrons. The molecule has 1 heterocycles. The van der Waals surface area contributed by atoms with E-state index in [4.69, 9.17) is 5.26 Å². The van der Waals surface area contributed by atoms with Crippen LogP contribution < -0.4 is 4.72 Å². The summed E-state index contributed by atoms with van der Waals surface area (Å²) in [7, 11) is -2.06. The quantitative estimate of drug-likeness (QED) is 0.677. The van der Waals surface area contributed by atoms with E-state index in [1.807, 2.05) is 6.07 Å². The van der Waals surface area contributed by atoms with Crippen molar-refractivity contribution in [1.29, 1.82) is 5.26 Å². The molecule has 0 aliphatic carbocycles. The lowest BCUT2D eigenvalue weighted by Gasteiger charge is -2.29. The lowest BCUT2D eigenvalue weighted by Crippen LogP contribution is -2.47. The van der Waals surface area contributed by atoms with E-state index in [0.29, 0.717) is 13.0 Å². The van der Waals surface area contributed by atoms with E-state index in [9.17, 15) is 8.42 Å². The van der Waals surface area contributed by atoms with Crippen LogP contribution in [-0.4, -0.2) is 32.4 Å². The molecule has 0 amide bonds.